The Hall–Kier alpha value is -6.08. The molecule has 0 fully saturated rings. The lowest BCUT2D eigenvalue weighted by molar-refractivity contribution is -0.572. The van der Waals surface area contributed by atoms with E-state index in [0.717, 1.165) is 61.7 Å². The van der Waals surface area contributed by atoms with Gasteiger partial charge in [0.1, 0.15) is 17.8 Å². The van der Waals surface area contributed by atoms with E-state index in [-0.39, 0.29) is 0 Å². The molecule has 0 atom stereocenters. The summed E-state index contributed by atoms with van der Waals surface area (Å²) in [5, 5.41) is 2.27. The lowest BCUT2D eigenvalue weighted by Gasteiger charge is -2.10. The molecular weight excluding hydrogens is 534 g/mol. The number of hydrogen-bond donors (Lipinski definition) is 0. The molecule has 0 N–H and O–H groups in total. The van der Waals surface area contributed by atoms with E-state index < -0.39 is 0 Å². The number of para-hydroxylation sites is 4. The van der Waals surface area contributed by atoms with Gasteiger partial charge >= 0.3 is 0 Å². The summed E-state index contributed by atoms with van der Waals surface area (Å²) in [5.74, 6) is 2.22. The minimum atomic E-state index is 0.688. The maximum Gasteiger partial charge on any atom is 0.269 e. The average molecular weight is 558 g/mol. The molecule has 0 aliphatic heterocycles. The molecule has 7 heteroatoms. The number of nitrogens with zero attached hydrogens (tertiary/aromatic N) is 5. The van der Waals surface area contributed by atoms with E-state index in [1.54, 1.807) is 12.5 Å². The van der Waals surface area contributed by atoms with Gasteiger partial charge in [-0.25, -0.2) is 4.98 Å². The second-order valence-corrected chi connectivity index (χ2v) is 10.4. The van der Waals surface area contributed by atoms with Crippen molar-refractivity contribution >= 4 is 38.6 Å². The zero-order chi connectivity index (χ0) is 28.3. The van der Waals surface area contributed by atoms with Gasteiger partial charge in [0.05, 0.1) is 45.8 Å². The molecule has 0 aliphatic carbocycles. The lowest BCUT2D eigenvalue weighted by Crippen LogP contribution is -2.29. The zero-order valence-electron chi connectivity index (χ0n) is 22.8. The first-order valence-electron chi connectivity index (χ1n) is 14.0. The van der Waals surface area contributed by atoms with E-state index in [1.165, 1.54) is 0 Å². The van der Waals surface area contributed by atoms with Gasteiger partial charge in [0.25, 0.3) is 6.33 Å². The average Bonchev–Trinajstić information content (AvgIpc) is 3.83. The predicted octanol–water partition coefficient (Wildman–Crippen LogP) is 7.84. The van der Waals surface area contributed by atoms with Gasteiger partial charge in [-0.15, -0.1) is 0 Å². The van der Waals surface area contributed by atoms with Crippen LogP contribution in [-0.2, 0) is 0 Å². The van der Waals surface area contributed by atoms with Crippen LogP contribution in [0.5, 0.6) is 11.5 Å². The van der Waals surface area contributed by atoms with Crippen LogP contribution >= 0.6 is 0 Å². The van der Waals surface area contributed by atoms with Crippen molar-refractivity contribution in [1.82, 2.24) is 18.5 Å². The molecule has 0 spiro atoms. The summed E-state index contributed by atoms with van der Waals surface area (Å²) >= 11 is 0. The Morgan fingerprint density at radius 1 is 0.698 bits per heavy atom. The van der Waals surface area contributed by atoms with Crippen LogP contribution in [0.25, 0.3) is 55.9 Å². The Balaban J connectivity index is 1.15. The fraction of sp³-hybridized carbons (Fsp3) is 0. The number of oxazole rings is 1. The van der Waals surface area contributed by atoms with Crippen LogP contribution in [0.1, 0.15) is 0 Å². The van der Waals surface area contributed by atoms with Crippen LogP contribution in [0.15, 0.2) is 144 Å². The highest BCUT2D eigenvalue weighted by molar-refractivity contribution is 6.09. The fourth-order valence-electron chi connectivity index (χ4n) is 5.96. The van der Waals surface area contributed by atoms with Crippen molar-refractivity contribution in [2.45, 2.75) is 0 Å². The van der Waals surface area contributed by atoms with Crippen molar-refractivity contribution < 1.29 is 13.7 Å². The highest BCUT2D eigenvalue weighted by atomic mass is 16.5. The second-order valence-electron chi connectivity index (χ2n) is 10.4. The smallest absolute Gasteiger partial charge is 0.269 e. The third kappa shape index (κ3) is 3.68. The molecule has 0 bridgehead atoms. The van der Waals surface area contributed by atoms with Crippen LogP contribution in [0.2, 0.25) is 0 Å². The molecule has 0 unspecified atom stereocenters. The van der Waals surface area contributed by atoms with Crippen LogP contribution in [-0.4, -0.2) is 18.5 Å². The number of rotatable bonds is 5. The third-order valence-corrected chi connectivity index (χ3v) is 7.88. The number of imidazole rings is 2. The number of aromatic nitrogens is 5. The van der Waals surface area contributed by atoms with Gasteiger partial charge < -0.3 is 9.15 Å². The molecule has 0 radical (unpaired) electrons. The van der Waals surface area contributed by atoms with Crippen molar-refractivity contribution in [3.63, 3.8) is 0 Å². The molecule has 0 saturated heterocycles. The Morgan fingerprint density at radius 2 is 1.49 bits per heavy atom. The first-order chi connectivity index (χ1) is 21.3. The quantitative estimate of drug-likeness (QED) is 0.160. The molecule has 0 aliphatic rings. The van der Waals surface area contributed by atoms with Crippen molar-refractivity contribution in [3.05, 3.63) is 146 Å². The van der Waals surface area contributed by atoms with E-state index in [9.17, 15) is 0 Å². The number of benzene rings is 5. The standard InChI is InChI=1S/C36H23N5O2/c1-2-9-25(10-3-1)39-24-40(33-16-7-6-15-32(33)39)26-11-8-12-27(21-26)43-28-17-18-30-29-13-4-5-14-31(29)41(34(30)22-28)36-37-23-35-38(36)19-20-42-35/h1-23H. The molecule has 5 aromatic carbocycles. The maximum atomic E-state index is 6.50. The van der Waals surface area contributed by atoms with Crippen molar-refractivity contribution in [3.8, 4) is 28.8 Å². The van der Waals surface area contributed by atoms with Crippen LogP contribution in [0, 0.1) is 6.33 Å². The topological polar surface area (TPSA) is 53.4 Å². The maximum absolute atomic E-state index is 6.50. The molecule has 7 nitrogen and oxygen atoms in total. The van der Waals surface area contributed by atoms with Gasteiger partial charge in [-0.05, 0) is 48.5 Å². The monoisotopic (exact) mass is 557 g/mol. The Morgan fingerprint density at radius 3 is 2.42 bits per heavy atom. The fourth-order valence-corrected chi connectivity index (χ4v) is 5.96. The summed E-state index contributed by atoms with van der Waals surface area (Å²) in [6, 6.07) is 41.3. The van der Waals surface area contributed by atoms with Crippen molar-refractivity contribution in [1.29, 1.82) is 0 Å². The van der Waals surface area contributed by atoms with Gasteiger partial charge in [0.15, 0.2) is 0 Å². The highest BCUT2D eigenvalue weighted by Gasteiger charge is 2.18. The van der Waals surface area contributed by atoms with E-state index >= 15 is 0 Å². The molecule has 43 heavy (non-hydrogen) atoms. The molecule has 4 aromatic heterocycles. The zero-order valence-corrected chi connectivity index (χ0v) is 22.8. The van der Waals surface area contributed by atoms with Crippen LogP contribution < -0.4 is 9.30 Å². The van der Waals surface area contributed by atoms with E-state index in [2.05, 4.69) is 91.7 Å². The Labute approximate surface area is 245 Å². The van der Waals surface area contributed by atoms with Gasteiger partial charge in [-0.1, -0.05) is 66.7 Å². The van der Waals surface area contributed by atoms with Crippen molar-refractivity contribution in [2.24, 2.45) is 0 Å². The van der Waals surface area contributed by atoms with E-state index in [0.29, 0.717) is 5.71 Å². The molecule has 204 valence electrons. The molecule has 0 amide bonds. The molecular formula is C36H23N5O2. The SMILES string of the molecule is [c-]1n(-c2cccc(Oc3ccc4c5ccccc5n(-c5ncc6occn56)c4c3)c2)c2ccccc2[n+]1-c1ccccc1. The number of ether oxygens (including phenoxy) is 1. The van der Waals surface area contributed by atoms with Crippen LogP contribution in [0.3, 0.4) is 0 Å². The molecule has 4 heterocycles. The Bertz CT molecular complexity index is 2440. The normalized spacial score (nSPS) is 11.7. The Kier molecular flexibility index (Phi) is 5.06. The van der Waals surface area contributed by atoms with Crippen LogP contribution in [0.4, 0.5) is 0 Å². The predicted molar refractivity (Wildman–Crippen MR) is 166 cm³/mol. The highest BCUT2D eigenvalue weighted by Crippen LogP contribution is 2.35. The summed E-state index contributed by atoms with van der Waals surface area (Å²) in [6.07, 6.45) is 8.84. The second kappa shape index (κ2) is 9.22. The largest absolute Gasteiger partial charge is 0.458 e. The minimum absolute atomic E-state index is 0.688. The van der Waals surface area contributed by atoms with Crippen molar-refractivity contribution in [2.75, 3.05) is 0 Å². The third-order valence-electron chi connectivity index (χ3n) is 7.88. The molecule has 9 rings (SSSR count). The molecule has 0 saturated carbocycles. The first-order valence-corrected chi connectivity index (χ1v) is 14.0. The van der Waals surface area contributed by atoms with E-state index in [1.807, 2.05) is 65.2 Å². The number of hydrogen-bond acceptors (Lipinski definition) is 3. The summed E-state index contributed by atoms with van der Waals surface area (Å²) in [7, 11) is 0. The van der Waals surface area contributed by atoms with Gasteiger partial charge in [-0.3, -0.25) is 18.1 Å². The summed E-state index contributed by atoms with van der Waals surface area (Å²) in [5.41, 5.74) is 6.89. The minimum Gasteiger partial charge on any atom is -0.458 e. The first kappa shape index (κ1) is 23.6. The van der Waals surface area contributed by atoms with Gasteiger partial charge in [0, 0.05) is 16.8 Å². The van der Waals surface area contributed by atoms with Gasteiger partial charge in [0.2, 0.25) is 11.7 Å². The van der Waals surface area contributed by atoms with E-state index in [4.69, 9.17) is 9.15 Å². The number of fused-ring (bicyclic) bond motifs is 5. The summed E-state index contributed by atoms with van der Waals surface area (Å²) < 4.78 is 20.3. The molecule has 9 aromatic rings. The summed E-state index contributed by atoms with van der Waals surface area (Å²) in [4.78, 5) is 4.69. The van der Waals surface area contributed by atoms with Gasteiger partial charge in [-0.2, -0.15) is 0 Å². The lowest BCUT2D eigenvalue weighted by atomic mass is 10.1. The summed E-state index contributed by atoms with van der Waals surface area (Å²) in [6.45, 7) is 0.